The molecule has 3 heterocycles. The van der Waals surface area contributed by atoms with Gasteiger partial charge in [-0.15, -0.1) is 0 Å². The number of hydrogen-bond acceptors (Lipinski definition) is 6. The number of halogens is 1. The Morgan fingerprint density at radius 2 is 2.08 bits per heavy atom. The predicted molar refractivity (Wildman–Crippen MR) is 107 cm³/mol. The van der Waals surface area contributed by atoms with E-state index in [1.165, 1.54) is 0 Å². The van der Waals surface area contributed by atoms with Crippen LogP contribution in [0.25, 0.3) is 0 Å². The molecule has 7 heteroatoms. The molecule has 2 aromatic rings. The van der Waals surface area contributed by atoms with E-state index in [1.807, 2.05) is 13.1 Å². The lowest BCUT2D eigenvalue weighted by Gasteiger charge is -2.33. The van der Waals surface area contributed by atoms with Gasteiger partial charge in [-0.25, -0.2) is 15.0 Å². The summed E-state index contributed by atoms with van der Waals surface area (Å²) in [4.78, 5) is 15.4. The van der Waals surface area contributed by atoms with E-state index in [2.05, 4.69) is 66.8 Å². The van der Waals surface area contributed by atoms with Gasteiger partial charge in [0.2, 0.25) is 0 Å². The number of aryl methyl sites for hydroxylation is 1. The summed E-state index contributed by atoms with van der Waals surface area (Å²) in [7, 11) is 0. The number of pyridine rings is 1. The highest BCUT2D eigenvalue weighted by Gasteiger charge is 2.22. The molecule has 0 unspecified atom stereocenters. The smallest absolute Gasteiger partial charge is 0.144 e. The molecule has 2 aromatic heterocycles. The zero-order valence-corrected chi connectivity index (χ0v) is 16.6. The minimum Gasteiger partial charge on any atom is -0.366 e. The molecule has 0 radical (unpaired) electrons. The molecule has 0 atom stereocenters. The monoisotopic (exact) mass is 448 g/mol. The molecule has 0 saturated carbocycles. The Hall–Kier alpha value is -1.95. The largest absolute Gasteiger partial charge is 0.366 e. The zero-order chi connectivity index (χ0) is 17.8. The van der Waals surface area contributed by atoms with Crippen molar-refractivity contribution in [2.75, 3.05) is 23.3 Å². The number of nitrogens with one attached hydrogen (secondary N) is 1. The minimum absolute atomic E-state index is 0.322. The molecule has 3 rings (SSSR count). The van der Waals surface area contributed by atoms with Crippen molar-refractivity contribution in [3.05, 3.63) is 39.0 Å². The van der Waals surface area contributed by atoms with Gasteiger partial charge in [-0.1, -0.05) is 6.92 Å². The highest BCUT2D eigenvalue weighted by atomic mass is 127. The molecule has 1 N–H and O–H groups in total. The highest BCUT2D eigenvalue weighted by Crippen LogP contribution is 2.24. The standard InChI is InChI=1S/C18H21IN6/c1-3-13-8-17(23-11-22-13)25-6-4-14(5-7-25)24-18-15(9-20)12(2)16(19)10-21-18/h8,10-11,14H,3-7H2,1-2H3,(H,21,24). The van der Waals surface area contributed by atoms with Crippen molar-refractivity contribution in [1.82, 2.24) is 15.0 Å². The third-order valence-electron chi connectivity index (χ3n) is 4.62. The Labute approximate surface area is 161 Å². The summed E-state index contributed by atoms with van der Waals surface area (Å²) in [5, 5.41) is 12.9. The quantitative estimate of drug-likeness (QED) is 0.724. The first-order valence-electron chi connectivity index (χ1n) is 8.50. The Morgan fingerprint density at radius 1 is 1.32 bits per heavy atom. The van der Waals surface area contributed by atoms with Gasteiger partial charge in [0.15, 0.2) is 0 Å². The fourth-order valence-electron chi connectivity index (χ4n) is 3.02. The zero-order valence-electron chi connectivity index (χ0n) is 14.5. The van der Waals surface area contributed by atoms with Crippen molar-refractivity contribution < 1.29 is 0 Å². The van der Waals surface area contributed by atoms with E-state index in [9.17, 15) is 5.26 Å². The molecule has 1 fully saturated rings. The molecular formula is C18H21IN6. The van der Waals surface area contributed by atoms with Crippen LogP contribution in [0.15, 0.2) is 18.6 Å². The van der Waals surface area contributed by atoms with Crippen molar-refractivity contribution in [2.24, 2.45) is 0 Å². The van der Waals surface area contributed by atoms with Gasteiger partial charge in [-0.2, -0.15) is 5.26 Å². The molecular weight excluding hydrogens is 427 g/mol. The molecule has 0 aromatic carbocycles. The van der Waals surface area contributed by atoms with Crippen molar-refractivity contribution in [3.8, 4) is 6.07 Å². The van der Waals surface area contributed by atoms with Crippen LogP contribution in [0.2, 0.25) is 0 Å². The molecule has 6 nitrogen and oxygen atoms in total. The SMILES string of the molecule is CCc1cc(N2CCC(Nc3ncc(I)c(C)c3C#N)CC2)ncn1. The molecule has 1 saturated heterocycles. The van der Waals surface area contributed by atoms with E-state index in [1.54, 1.807) is 6.33 Å². The third-order valence-corrected chi connectivity index (χ3v) is 5.71. The summed E-state index contributed by atoms with van der Waals surface area (Å²) in [5.41, 5.74) is 2.71. The molecule has 1 aliphatic heterocycles. The van der Waals surface area contributed by atoms with Crippen molar-refractivity contribution in [1.29, 1.82) is 5.26 Å². The maximum atomic E-state index is 9.44. The van der Waals surface area contributed by atoms with Gasteiger partial charge in [-0.3, -0.25) is 0 Å². The second-order valence-electron chi connectivity index (χ2n) is 6.19. The number of anilines is 2. The number of aromatic nitrogens is 3. The Kier molecular flexibility index (Phi) is 5.68. The minimum atomic E-state index is 0.322. The van der Waals surface area contributed by atoms with Gasteiger partial charge < -0.3 is 10.2 Å². The van der Waals surface area contributed by atoms with Crippen LogP contribution in [0.5, 0.6) is 0 Å². The van der Waals surface area contributed by atoms with Crippen LogP contribution in [0, 0.1) is 21.8 Å². The molecule has 0 aliphatic carbocycles. The molecule has 0 amide bonds. The van der Waals surface area contributed by atoms with Crippen molar-refractivity contribution >= 4 is 34.2 Å². The second-order valence-corrected chi connectivity index (χ2v) is 7.36. The highest BCUT2D eigenvalue weighted by molar-refractivity contribution is 14.1. The van der Waals surface area contributed by atoms with Crippen LogP contribution in [-0.4, -0.2) is 34.1 Å². The van der Waals surface area contributed by atoms with Gasteiger partial charge in [0.1, 0.15) is 24.0 Å². The van der Waals surface area contributed by atoms with Crippen LogP contribution >= 0.6 is 22.6 Å². The lowest BCUT2D eigenvalue weighted by atomic mass is 10.0. The topological polar surface area (TPSA) is 77.7 Å². The summed E-state index contributed by atoms with van der Waals surface area (Å²) >= 11 is 2.22. The van der Waals surface area contributed by atoms with Crippen LogP contribution < -0.4 is 10.2 Å². The fourth-order valence-corrected chi connectivity index (χ4v) is 3.43. The van der Waals surface area contributed by atoms with Gasteiger partial charge in [0, 0.05) is 40.7 Å². The maximum absolute atomic E-state index is 9.44. The van der Waals surface area contributed by atoms with E-state index < -0.39 is 0 Å². The molecule has 130 valence electrons. The van der Waals surface area contributed by atoms with Crippen molar-refractivity contribution in [2.45, 2.75) is 39.2 Å². The van der Waals surface area contributed by atoms with E-state index in [0.717, 1.165) is 53.0 Å². The second kappa shape index (κ2) is 7.95. The van der Waals surface area contributed by atoms with Gasteiger partial charge in [0.25, 0.3) is 0 Å². The molecule has 0 bridgehead atoms. The van der Waals surface area contributed by atoms with Crippen LogP contribution in [0.4, 0.5) is 11.6 Å². The maximum Gasteiger partial charge on any atom is 0.144 e. The predicted octanol–water partition coefficient (Wildman–Crippen LogP) is 3.30. The number of nitrogens with zero attached hydrogens (tertiary/aromatic N) is 5. The van der Waals surface area contributed by atoms with Crippen LogP contribution in [0.1, 0.15) is 36.6 Å². The summed E-state index contributed by atoms with van der Waals surface area (Å²) in [6.07, 6.45) is 6.37. The lowest BCUT2D eigenvalue weighted by molar-refractivity contribution is 0.522. The van der Waals surface area contributed by atoms with Gasteiger partial charge >= 0.3 is 0 Å². The number of piperidine rings is 1. The van der Waals surface area contributed by atoms with E-state index in [0.29, 0.717) is 17.4 Å². The average Bonchev–Trinajstić information content (AvgIpc) is 2.66. The number of rotatable bonds is 4. The lowest BCUT2D eigenvalue weighted by Crippen LogP contribution is -2.39. The number of hydrogen-bond donors (Lipinski definition) is 1. The van der Waals surface area contributed by atoms with Crippen LogP contribution in [-0.2, 0) is 6.42 Å². The normalized spacial score (nSPS) is 15.0. The van der Waals surface area contributed by atoms with E-state index in [-0.39, 0.29) is 0 Å². The fraction of sp³-hybridized carbons (Fsp3) is 0.444. The summed E-state index contributed by atoms with van der Waals surface area (Å²) < 4.78 is 1.02. The first kappa shape index (κ1) is 17.9. The Bertz CT molecular complexity index is 793. The summed E-state index contributed by atoms with van der Waals surface area (Å²) in [5.74, 6) is 1.71. The molecule has 0 spiro atoms. The van der Waals surface area contributed by atoms with Crippen LogP contribution in [0.3, 0.4) is 0 Å². The molecule has 1 aliphatic rings. The van der Waals surface area contributed by atoms with E-state index >= 15 is 0 Å². The first-order chi connectivity index (χ1) is 12.1. The first-order valence-corrected chi connectivity index (χ1v) is 9.57. The third kappa shape index (κ3) is 4.00. The Balaban J connectivity index is 1.65. The van der Waals surface area contributed by atoms with Crippen molar-refractivity contribution in [3.63, 3.8) is 0 Å². The Morgan fingerprint density at radius 3 is 2.76 bits per heavy atom. The summed E-state index contributed by atoms with van der Waals surface area (Å²) in [6.45, 7) is 5.94. The van der Waals surface area contributed by atoms with Gasteiger partial charge in [0.05, 0.1) is 5.56 Å². The number of nitriles is 1. The molecule has 25 heavy (non-hydrogen) atoms. The summed E-state index contributed by atoms with van der Waals surface area (Å²) in [6, 6.07) is 4.68. The van der Waals surface area contributed by atoms with Gasteiger partial charge in [-0.05, 0) is 54.3 Å². The average molecular weight is 448 g/mol. The van der Waals surface area contributed by atoms with E-state index in [4.69, 9.17) is 0 Å².